The number of amides is 2. The lowest BCUT2D eigenvalue weighted by molar-refractivity contribution is 0.0120. The number of halogens is 1. The van der Waals surface area contributed by atoms with Gasteiger partial charge in [-0.25, -0.2) is 4.79 Å². The summed E-state index contributed by atoms with van der Waals surface area (Å²) < 4.78 is 5.79. The van der Waals surface area contributed by atoms with Gasteiger partial charge >= 0.3 is 6.03 Å². The van der Waals surface area contributed by atoms with E-state index in [0.29, 0.717) is 17.2 Å². The monoisotopic (exact) mass is 238 g/mol. The van der Waals surface area contributed by atoms with Gasteiger partial charge in [0.15, 0.2) is 5.72 Å². The summed E-state index contributed by atoms with van der Waals surface area (Å²) >= 11 is 6.09. The van der Waals surface area contributed by atoms with E-state index in [1.54, 1.807) is 6.07 Å². The van der Waals surface area contributed by atoms with Crippen LogP contribution in [0.1, 0.15) is 24.9 Å². The molecule has 1 aromatic rings. The number of urea groups is 1. The van der Waals surface area contributed by atoms with Crippen LogP contribution in [0.5, 0.6) is 5.75 Å². The maximum absolute atomic E-state index is 11.4. The lowest BCUT2D eigenvalue weighted by Crippen LogP contribution is -2.62. The molecule has 2 N–H and O–H groups in total. The molecule has 16 heavy (non-hydrogen) atoms. The molecule has 3 rings (SSSR count). The van der Waals surface area contributed by atoms with Crippen molar-refractivity contribution in [2.45, 2.75) is 25.1 Å². The SMILES string of the molecule is CC12CC(NC(=O)N1)c1cccc(Cl)c1O2. The Balaban J connectivity index is 2.14. The molecule has 0 aliphatic carbocycles. The van der Waals surface area contributed by atoms with Gasteiger partial charge in [0.2, 0.25) is 0 Å². The Kier molecular flexibility index (Phi) is 1.86. The quantitative estimate of drug-likeness (QED) is 0.728. The van der Waals surface area contributed by atoms with Crippen LogP contribution in [-0.4, -0.2) is 11.8 Å². The molecule has 2 amide bonds. The van der Waals surface area contributed by atoms with Gasteiger partial charge in [-0.05, 0) is 13.0 Å². The molecule has 2 bridgehead atoms. The molecule has 2 aliphatic heterocycles. The van der Waals surface area contributed by atoms with Crippen LogP contribution in [-0.2, 0) is 0 Å². The number of hydrogen-bond acceptors (Lipinski definition) is 2. The van der Waals surface area contributed by atoms with Gasteiger partial charge in [0.1, 0.15) is 5.75 Å². The second-order valence-corrected chi connectivity index (χ2v) is 4.75. The van der Waals surface area contributed by atoms with Gasteiger partial charge in [-0.3, -0.25) is 0 Å². The number of carbonyl (C=O) groups is 1. The van der Waals surface area contributed by atoms with Crippen molar-refractivity contribution in [1.82, 2.24) is 10.6 Å². The van der Waals surface area contributed by atoms with Crippen LogP contribution < -0.4 is 15.4 Å². The van der Waals surface area contributed by atoms with Gasteiger partial charge in [0.05, 0.1) is 11.1 Å². The van der Waals surface area contributed by atoms with Gasteiger partial charge in [-0.15, -0.1) is 0 Å². The zero-order valence-electron chi connectivity index (χ0n) is 8.71. The lowest BCUT2D eigenvalue weighted by Gasteiger charge is -2.44. The molecule has 1 saturated heterocycles. The largest absolute Gasteiger partial charge is 0.466 e. The molecule has 0 radical (unpaired) electrons. The van der Waals surface area contributed by atoms with E-state index in [9.17, 15) is 4.79 Å². The number of carbonyl (C=O) groups excluding carboxylic acids is 1. The number of ether oxygens (including phenoxy) is 1. The van der Waals surface area contributed by atoms with Crippen molar-refractivity contribution >= 4 is 17.6 Å². The molecule has 84 valence electrons. The fourth-order valence-electron chi connectivity index (χ4n) is 2.31. The average molecular weight is 239 g/mol. The Morgan fingerprint density at radius 2 is 2.38 bits per heavy atom. The molecular formula is C11H11ClN2O2. The Labute approximate surface area is 97.9 Å². The van der Waals surface area contributed by atoms with Crippen LogP contribution in [0.2, 0.25) is 5.02 Å². The zero-order chi connectivity index (χ0) is 11.3. The number of para-hydroxylation sites is 1. The molecule has 1 fully saturated rings. The lowest BCUT2D eigenvalue weighted by atomic mass is 9.92. The molecular weight excluding hydrogens is 228 g/mol. The van der Waals surface area contributed by atoms with E-state index in [4.69, 9.17) is 16.3 Å². The maximum atomic E-state index is 11.4. The minimum atomic E-state index is -0.662. The summed E-state index contributed by atoms with van der Waals surface area (Å²) in [4.78, 5) is 11.4. The van der Waals surface area contributed by atoms with E-state index in [-0.39, 0.29) is 12.1 Å². The highest BCUT2D eigenvalue weighted by molar-refractivity contribution is 6.32. The van der Waals surface area contributed by atoms with Crippen molar-refractivity contribution in [3.8, 4) is 5.75 Å². The number of rotatable bonds is 0. The summed E-state index contributed by atoms with van der Waals surface area (Å²) in [6.07, 6.45) is 0.700. The molecule has 5 heteroatoms. The molecule has 0 spiro atoms. The zero-order valence-corrected chi connectivity index (χ0v) is 9.47. The van der Waals surface area contributed by atoms with Gasteiger partial charge < -0.3 is 15.4 Å². The van der Waals surface area contributed by atoms with E-state index in [1.807, 2.05) is 19.1 Å². The maximum Gasteiger partial charge on any atom is 0.318 e. The van der Waals surface area contributed by atoms with Crippen LogP contribution in [0.15, 0.2) is 18.2 Å². The first-order valence-electron chi connectivity index (χ1n) is 5.13. The highest BCUT2D eigenvalue weighted by Gasteiger charge is 2.43. The molecule has 4 nitrogen and oxygen atoms in total. The van der Waals surface area contributed by atoms with Crippen LogP contribution in [0.3, 0.4) is 0 Å². The van der Waals surface area contributed by atoms with E-state index in [2.05, 4.69) is 10.6 Å². The third kappa shape index (κ3) is 1.33. The summed E-state index contributed by atoms with van der Waals surface area (Å²) in [6.45, 7) is 1.85. The van der Waals surface area contributed by atoms with Crippen LogP contribution in [0.25, 0.3) is 0 Å². The predicted octanol–water partition coefficient (Wildman–Crippen LogP) is 2.19. The smallest absolute Gasteiger partial charge is 0.318 e. The van der Waals surface area contributed by atoms with Crippen molar-refractivity contribution in [2.24, 2.45) is 0 Å². The number of fused-ring (bicyclic) bond motifs is 4. The van der Waals surface area contributed by atoms with Gasteiger partial charge in [0, 0.05) is 12.0 Å². The second-order valence-electron chi connectivity index (χ2n) is 4.35. The van der Waals surface area contributed by atoms with Gasteiger partial charge in [0.25, 0.3) is 0 Å². The molecule has 2 aliphatic rings. The first kappa shape index (κ1) is 9.78. The fourth-order valence-corrected chi connectivity index (χ4v) is 2.53. The van der Waals surface area contributed by atoms with E-state index in [0.717, 1.165) is 5.56 Å². The summed E-state index contributed by atoms with van der Waals surface area (Å²) in [5, 5.41) is 6.20. The highest BCUT2D eigenvalue weighted by atomic mass is 35.5. The highest BCUT2D eigenvalue weighted by Crippen LogP contribution is 2.43. The van der Waals surface area contributed by atoms with Crippen LogP contribution in [0.4, 0.5) is 4.79 Å². The molecule has 2 unspecified atom stereocenters. The standard InChI is InChI=1S/C11H11ClN2O2/c1-11-5-8(13-10(15)14-11)6-3-2-4-7(12)9(6)16-11/h2-4,8H,5H2,1H3,(H2,13,14,15). The van der Waals surface area contributed by atoms with E-state index in [1.165, 1.54) is 0 Å². The molecule has 2 atom stereocenters. The summed E-state index contributed by atoms with van der Waals surface area (Å²) in [5.41, 5.74) is 0.283. The number of benzene rings is 1. The number of hydrogen-bond donors (Lipinski definition) is 2. The van der Waals surface area contributed by atoms with E-state index >= 15 is 0 Å². The second kappa shape index (κ2) is 3.04. The first-order valence-corrected chi connectivity index (χ1v) is 5.51. The Hall–Kier alpha value is -1.42. The van der Waals surface area contributed by atoms with Crippen molar-refractivity contribution in [3.05, 3.63) is 28.8 Å². The van der Waals surface area contributed by atoms with Gasteiger partial charge in [-0.2, -0.15) is 0 Å². The summed E-state index contributed by atoms with van der Waals surface area (Å²) in [6, 6.07) is 5.34. The van der Waals surface area contributed by atoms with E-state index < -0.39 is 5.72 Å². The molecule has 0 aromatic heterocycles. The Morgan fingerprint density at radius 1 is 1.56 bits per heavy atom. The van der Waals surface area contributed by atoms with Crippen LogP contribution >= 0.6 is 11.6 Å². The minimum absolute atomic E-state index is 0.0267. The molecule has 0 saturated carbocycles. The number of nitrogens with one attached hydrogen (secondary N) is 2. The van der Waals surface area contributed by atoms with Crippen molar-refractivity contribution in [1.29, 1.82) is 0 Å². The van der Waals surface area contributed by atoms with Crippen molar-refractivity contribution in [2.75, 3.05) is 0 Å². The minimum Gasteiger partial charge on any atom is -0.466 e. The first-order chi connectivity index (χ1) is 7.57. The fraction of sp³-hybridized carbons (Fsp3) is 0.364. The van der Waals surface area contributed by atoms with Gasteiger partial charge in [-0.1, -0.05) is 23.7 Å². The van der Waals surface area contributed by atoms with Crippen molar-refractivity contribution < 1.29 is 9.53 Å². The normalized spacial score (nSPS) is 30.9. The molecule has 2 heterocycles. The predicted molar refractivity (Wildman–Crippen MR) is 59.5 cm³/mol. The Bertz CT molecular complexity index is 477. The Morgan fingerprint density at radius 3 is 3.19 bits per heavy atom. The molecule has 1 aromatic carbocycles. The topological polar surface area (TPSA) is 50.4 Å². The third-order valence-corrected chi connectivity index (χ3v) is 3.27. The summed E-state index contributed by atoms with van der Waals surface area (Å²) in [5.74, 6) is 0.662. The van der Waals surface area contributed by atoms with Crippen molar-refractivity contribution in [3.63, 3.8) is 0 Å². The average Bonchev–Trinajstić information content (AvgIpc) is 2.18. The van der Waals surface area contributed by atoms with Crippen LogP contribution in [0, 0.1) is 0 Å². The third-order valence-electron chi connectivity index (χ3n) is 2.98. The summed E-state index contributed by atoms with van der Waals surface area (Å²) in [7, 11) is 0.